The van der Waals surface area contributed by atoms with Gasteiger partial charge in [-0.25, -0.2) is 4.39 Å². The van der Waals surface area contributed by atoms with Gasteiger partial charge in [0, 0.05) is 49.4 Å². The fourth-order valence-electron chi connectivity index (χ4n) is 2.73. The first-order valence-electron chi connectivity index (χ1n) is 6.72. The topological polar surface area (TPSA) is 45.3 Å². The van der Waals surface area contributed by atoms with Crippen LogP contribution in [0.2, 0.25) is 0 Å². The molecule has 2 heterocycles. The van der Waals surface area contributed by atoms with Crippen LogP contribution in [0.1, 0.15) is 12.1 Å². The molecule has 5 heteroatoms. The minimum Gasteiger partial charge on any atom is -0.380 e. The Morgan fingerprint density at radius 1 is 1.45 bits per heavy atom. The van der Waals surface area contributed by atoms with Crippen molar-refractivity contribution in [2.45, 2.75) is 19.1 Å². The van der Waals surface area contributed by atoms with Crippen molar-refractivity contribution in [3.8, 4) is 0 Å². The van der Waals surface area contributed by atoms with Crippen LogP contribution >= 0.6 is 0 Å². The van der Waals surface area contributed by atoms with Gasteiger partial charge >= 0.3 is 0 Å². The maximum absolute atomic E-state index is 13.2. The van der Waals surface area contributed by atoms with Crippen LogP contribution in [0.3, 0.4) is 0 Å². The van der Waals surface area contributed by atoms with E-state index in [-0.39, 0.29) is 11.5 Å². The fraction of sp³-hybridized carbons (Fsp3) is 0.400. The van der Waals surface area contributed by atoms with Crippen LogP contribution in [0.25, 0.3) is 10.9 Å². The highest BCUT2D eigenvalue weighted by Crippen LogP contribution is 2.16. The number of fused-ring (bicyclic) bond motifs is 1. The summed E-state index contributed by atoms with van der Waals surface area (Å²) in [5.74, 6) is -0.391. The Hall–Kier alpha value is -1.72. The molecular weight excluding hydrogens is 259 g/mol. The number of pyridine rings is 1. The van der Waals surface area contributed by atoms with E-state index >= 15 is 0 Å². The molecule has 1 saturated heterocycles. The molecule has 4 nitrogen and oxygen atoms in total. The van der Waals surface area contributed by atoms with Gasteiger partial charge in [-0.3, -0.25) is 9.69 Å². The summed E-state index contributed by atoms with van der Waals surface area (Å²) in [6, 6.07) is 5.80. The third kappa shape index (κ3) is 2.59. The summed E-state index contributed by atoms with van der Waals surface area (Å²) < 4.78 is 18.5. The van der Waals surface area contributed by atoms with Crippen molar-refractivity contribution in [3.63, 3.8) is 0 Å². The molecule has 20 heavy (non-hydrogen) atoms. The first-order valence-corrected chi connectivity index (χ1v) is 6.72. The van der Waals surface area contributed by atoms with Gasteiger partial charge in [-0.1, -0.05) is 0 Å². The van der Waals surface area contributed by atoms with Gasteiger partial charge in [0.2, 0.25) is 0 Å². The summed E-state index contributed by atoms with van der Waals surface area (Å²) in [6.45, 7) is 2.52. The molecule has 1 atom stereocenters. The standard InChI is InChI=1S/C15H17FN2O2/c1-20-12-4-5-18(9-12)8-11-7-15(19)13-6-10(16)2-3-14(13)17-11/h2-3,6-7,12H,4-5,8-9H2,1H3,(H,17,19). The number of aromatic amines is 1. The Labute approximate surface area is 116 Å². The Morgan fingerprint density at radius 2 is 2.30 bits per heavy atom. The molecule has 0 amide bonds. The van der Waals surface area contributed by atoms with Gasteiger partial charge in [0.1, 0.15) is 5.82 Å². The number of nitrogens with zero attached hydrogens (tertiary/aromatic N) is 1. The average molecular weight is 276 g/mol. The fourth-order valence-corrected chi connectivity index (χ4v) is 2.73. The van der Waals surface area contributed by atoms with Crippen LogP contribution in [0.15, 0.2) is 29.1 Å². The number of hydrogen-bond donors (Lipinski definition) is 1. The third-order valence-corrected chi connectivity index (χ3v) is 3.80. The van der Waals surface area contributed by atoms with Gasteiger partial charge in [0.25, 0.3) is 0 Å². The lowest BCUT2D eigenvalue weighted by atomic mass is 10.2. The smallest absolute Gasteiger partial charge is 0.189 e. The summed E-state index contributed by atoms with van der Waals surface area (Å²) in [7, 11) is 1.72. The molecule has 1 aliphatic heterocycles. The molecule has 1 N–H and O–H groups in total. The quantitative estimate of drug-likeness (QED) is 0.931. The molecule has 1 unspecified atom stereocenters. The Morgan fingerprint density at radius 3 is 3.05 bits per heavy atom. The summed E-state index contributed by atoms with van der Waals surface area (Å²) in [4.78, 5) is 17.5. The minimum atomic E-state index is -0.391. The molecule has 106 valence electrons. The highest BCUT2D eigenvalue weighted by molar-refractivity contribution is 5.78. The molecular formula is C15H17FN2O2. The SMILES string of the molecule is COC1CCN(Cc2cc(=O)c3cc(F)ccc3[nH]2)C1. The van der Waals surface area contributed by atoms with Gasteiger partial charge in [0.15, 0.2) is 5.43 Å². The van der Waals surface area contributed by atoms with Crippen molar-refractivity contribution in [1.29, 1.82) is 0 Å². The van der Waals surface area contributed by atoms with E-state index in [1.165, 1.54) is 12.1 Å². The number of methoxy groups -OCH3 is 1. The number of H-pyrrole nitrogens is 1. The number of hydrogen-bond acceptors (Lipinski definition) is 3. The lowest BCUT2D eigenvalue weighted by Crippen LogP contribution is -2.23. The van der Waals surface area contributed by atoms with E-state index in [2.05, 4.69) is 9.88 Å². The number of likely N-dealkylation sites (tertiary alicyclic amines) is 1. The van der Waals surface area contributed by atoms with Crippen LogP contribution in [0.5, 0.6) is 0 Å². The van der Waals surface area contributed by atoms with Crippen LogP contribution in [0.4, 0.5) is 4.39 Å². The number of halogens is 1. The Balaban J connectivity index is 1.86. The number of benzene rings is 1. The summed E-state index contributed by atoms with van der Waals surface area (Å²) in [5.41, 5.74) is 1.39. The third-order valence-electron chi connectivity index (χ3n) is 3.80. The normalized spacial score (nSPS) is 19.8. The van der Waals surface area contributed by atoms with E-state index in [0.29, 0.717) is 17.4 Å². The molecule has 0 radical (unpaired) electrons. The lowest BCUT2D eigenvalue weighted by Gasteiger charge is -2.15. The van der Waals surface area contributed by atoms with E-state index in [4.69, 9.17) is 4.74 Å². The maximum Gasteiger partial charge on any atom is 0.189 e. The average Bonchev–Trinajstić information content (AvgIpc) is 2.87. The zero-order valence-electron chi connectivity index (χ0n) is 11.4. The van der Waals surface area contributed by atoms with E-state index in [9.17, 15) is 9.18 Å². The Kier molecular flexibility index (Phi) is 3.54. The molecule has 0 saturated carbocycles. The van der Waals surface area contributed by atoms with Gasteiger partial charge in [-0.2, -0.15) is 0 Å². The van der Waals surface area contributed by atoms with Crippen molar-refractivity contribution in [3.05, 3.63) is 46.0 Å². The highest BCUT2D eigenvalue weighted by Gasteiger charge is 2.22. The molecule has 0 bridgehead atoms. The second-order valence-corrected chi connectivity index (χ2v) is 5.23. The van der Waals surface area contributed by atoms with Crippen molar-refractivity contribution >= 4 is 10.9 Å². The largest absolute Gasteiger partial charge is 0.380 e. The molecule has 3 rings (SSSR count). The van der Waals surface area contributed by atoms with Crippen molar-refractivity contribution < 1.29 is 9.13 Å². The van der Waals surface area contributed by atoms with Crippen molar-refractivity contribution in [2.75, 3.05) is 20.2 Å². The zero-order valence-corrected chi connectivity index (χ0v) is 11.4. The zero-order chi connectivity index (χ0) is 14.1. The second-order valence-electron chi connectivity index (χ2n) is 5.23. The van der Waals surface area contributed by atoms with Crippen LogP contribution in [-0.4, -0.2) is 36.2 Å². The molecule has 1 aromatic heterocycles. The Bertz CT molecular complexity index is 683. The molecule has 0 aliphatic carbocycles. The molecule has 2 aromatic rings. The van der Waals surface area contributed by atoms with Crippen molar-refractivity contribution in [2.24, 2.45) is 0 Å². The predicted octanol–water partition coefficient (Wildman–Crippen LogP) is 1.89. The van der Waals surface area contributed by atoms with E-state index < -0.39 is 5.82 Å². The van der Waals surface area contributed by atoms with E-state index in [0.717, 1.165) is 25.2 Å². The van der Waals surface area contributed by atoms with Crippen LogP contribution < -0.4 is 5.43 Å². The van der Waals surface area contributed by atoms with Crippen molar-refractivity contribution in [1.82, 2.24) is 9.88 Å². The number of aromatic nitrogens is 1. The first kappa shape index (κ1) is 13.3. The first-order chi connectivity index (χ1) is 9.65. The molecule has 1 aromatic carbocycles. The molecule has 1 fully saturated rings. The number of rotatable bonds is 3. The molecule has 0 spiro atoms. The van der Waals surface area contributed by atoms with Gasteiger partial charge in [0.05, 0.1) is 6.10 Å². The summed E-state index contributed by atoms with van der Waals surface area (Å²) in [6.07, 6.45) is 1.29. The van der Waals surface area contributed by atoms with Gasteiger partial charge in [-0.05, 0) is 24.6 Å². The summed E-state index contributed by atoms with van der Waals surface area (Å²) >= 11 is 0. The lowest BCUT2D eigenvalue weighted by molar-refractivity contribution is 0.107. The van der Waals surface area contributed by atoms with Crippen LogP contribution in [-0.2, 0) is 11.3 Å². The molecule has 1 aliphatic rings. The monoisotopic (exact) mass is 276 g/mol. The van der Waals surface area contributed by atoms with E-state index in [1.54, 1.807) is 19.2 Å². The summed E-state index contributed by atoms with van der Waals surface area (Å²) in [5, 5.41) is 0.393. The maximum atomic E-state index is 13.2. The van der Waals surface area contributed by atoms with Gasteiger partial charge < -0.3 is 9.72 Å². The van der Waals surface area contributed by atoms with E-state index in [1.807, 2.05) is 0 Å². The second kappa shape index (κ2) is 5.34. The number of ether oxygens (including phenoxy) is 1. The van der Waals surface area contributed by atoms with Gasteiger partial charge in [-0.15, -0.1) is 0 Å². The minimum absolute atomic E-state index is 0.143. The predicted molar refractivity (Wildman–Crippen MR) is 75.2 cm³/mol. The highest BCUT2D eigenvalue weighted by atomic mass is 19.1. The van der Waals surface area contributed by atoms with Crippen LogP contribution in [0, 0.1) is 5.82 Å². The number of nitrogens with one attached hydrogen (secondary N) is 1.